The van der Waals surface area contributed by atoms with Crippen LogP contribution in [0.2, 0.25) is 10.0 Å². The molecule has 0 aromatic heterocycles. The topological polar surface area (TPSA) is 104 Å². The van der Waals surface area contributed by atoms with Gasteiger partial charge in [0.25, 0.3) is 0 Å². The van der Waals surface area contributed by atoms with Crippen molar-refractivity contribution in [3.8, 4) is 0 Å². The highest BCUT2D eigenvalue weighted by Crippen LogP contribution is 2.28. The number of hydrogen-bond acceptors (Lipinski definition) is 5. The Morgan fingerprint density at radius 2 is 1.67 bits per heavy atom. The number of rotatable bonds is 6. The van der Waals surface area contributed by atoms with Crippen molar-refractivity contribution in [2.75, 3.05) is 19.6 Å². The van der Waals surface area contributed by atoms with E-state index in [4.69, 9.17) is 23.2 Å². The quantitative estimate of drug-likeness (QED) is 0.674. The Morgan fingerprint density at radius 1 is 1.11 bits per heavy atom. The van der Waals surface area contributed by atoms with Crippen LogP contribution in [0.5, 0.6) is 0 Å². The van der Waals surface area contributed by atoms with Crippen molar-refractivity contribution in [1.82, 2.24) is 14.5 Å². The summed E-state index contributed by atoms with van der Waals surface area (Å²) in [5.41, 5.74) is 0. The lowest BCUT2D eigenvalue weighted by atomic mass is 10.1. The molecule has 27 heavy (non-hydrogen) atoms. The molecular weight excluding hydrogens is 417 g/mol. The van der Waals surface area contributed by atoms with Crippen LogP contribution in [0.1, 0.15) is 19.3 Å². The number of benzene rings is 1. The smallest absolute Gasteiger partial charge is 0.243 e. The van der Waals surface area contributed by atoms with Crippen LogP contribution in [-0.4, -0.2) is 61.6 Å². The van der Waals surface area contributed by atoms with Gasteiger partial charge in [-0.1, -0.05) is 29.3 Å². The Balaban J connectivity index is 1.49. The van der Waals surface area contributed by atoms with E-state index in [2.05, 4.69) is 4.72 Å². The summed E-state index contributed by atoms with van der Waals surface area (Å²) >= 11 is 11.8. The number of amides is 3. The maximum absolute atomic E-state index is 12.3. The normalized spacial score (nSPS) is 18.1. The van der Waals surface area contributed by atoms with Gasteiger partial charge >= 0.3 is 0 Å². The van der Waals surface area contributed by atoms with Gasteiger partial charge in [-0.05, 0) is 12.1 Å². The lowest BCUT2D eigenvalue weighted by Crippen LogP contribution is -2.62. The first-order chi connectivity index (χ1) is 12.7. The Labute approximate surface area is 166 Å². The van der Waals surface area contributed by atoms with Gasteiger partial charge in [-0.15, -0.1) is 0 Å². The molecular formula is C16H17Cl2N3O5S. The first kappa shape index (κ1) is 20.1. The number of nitrogens with zero attached hydrogens (tertiary/aromatic N) is 2. The minimum Gasteiger partial charge on any atom is -0.338 e. The molecule has 0 unspecified atom stereocenters. The van der Waals surface area contributed by atoms with E-state index in [9.17, 15) is 22.8 Å². The van der Waals surface area contributed by atoms with Crippen LogP contribution in [-0.2, 0) is 24.4 Å². The van der Waals surface area contributed by atoms with Crippen LogP contribution in [0, 0.1) is 0 Å². The fourth-order valence-electron chi connectivity index (χ4n) is 3.09. The van der Waals surface area contributed by atoms with Gasteiger partial charge in [-0.2, -0.15) is 0 Å². The SMILES string of the molecule is O=C(CCNS(=O)(=O)c1c(Cl)cccc1Cl)N1CC(N2C(=O)CCC2=O)C1. The average Bonchev–Trinajstić information content (AvgIpc) is 2.85. The molecule has 146 valence electrons. The predicted octanol–water partition coefficient (Wildman–Crippen LogP) is 1.02. The van der Waals surface area contributed by atoms with Crippen molar-refractivity contribution >= 4 is 50.9 Å². The molecule has 8 nitrogen and oxygen atoms in total. The van der Waals surface area contributed by atoms with E-state index < -0.39 is 10.0 Å². The van der Waals surface area contributed by atoms with E-state index in [1.165, 1.54) is 28.0 Å². The van der Waals surface area contributed by atoms with Gasteiger partial charge < -0.3 is 4.90 Å². The molecule has 0 atom stereocenters. The van der Waals surface area contributed by atoms with Crippen molar-refractivity contribution < 1.29 is 22.8 Å². The molecule has 2 aliphatic heterocycles. The van der Waals surface area contributed by atoms with Crippen molar-refractivity contribution in [2.45, 2.75) is 30.2 Å². The number of carbonyl (C=O) groups excluding carboxylic acids is 3. The molecule has 2 heterocycles. The molecule has 1 aromatic carbocycles. The Kier molecular flexibility index (Phi) is 5.76. The average molecular weight is 434 g/mol. The minimum absolute atomic E-state index is 0.00754. The summed E-state index contributed by atoms with van der Waals surface area (Å²) in [6.07, 6.45) is 0.376. The number of halogens is 2. The summed E-state index contributed by atoms with van der Waals surface area (Å²) in [6, 6.07) is 4.07. The number of carbonyl (C=O) groups is 3. The predicted molar refractivity (Wildman–Crippen MR) is 97.7 cm³/mol. The molecule has 3 rings (SSSR count). The van der Waals surface area contributed by atoms with Crippen molar-refractivity contribution in [3.05, 3.63) is 28.2 Å². The fraction of sp³-hybridized carbons (Fsp3) is 0.438. The standard InChI is InChI=1S/C16H17Cl2N3O5S/c17-11-2-1-3-12(18)16(11)27(25,26)19-7-6-13(22)20-8-10(9-20)21-14(23)4-5-15(21)24/h1-3,10,19H,4-9H2. The molecule has 11 heteroatoms. The molecule has 0 saturated carbocycles. The molecule has 2 saturated heterocycles. The third kappa shape index (κ3) is 4.11. The highest BCUT2D eigenvalue weighted by atomic mass is 35.5. The van der Waals surface area contributed by atoms with Crippen LogP contribution >= 0.6 is 23.2 Å². The third-order valence-electron chi connectivity index (χ3n) is 4.49. The van der Waals surface area contributed by atoms with Gasteiger partial charge in [0, 0.05) is 38.9 Å². The van der Waals surface area contributed by atoms with Gasteiger partial charge in [0.15, 0.2) is 0 Å². The lowest BCUT2D eigenvalue weighted by Gasteiger charge is -2.43. The first-order valence-corrected chi connectivity index (χ1v) is 10.5. The molecule has 2 aliphatic rings. The van der Waals surface area contributed by atoms with Crippen LogP contribution in [0.15, 0.2) is 23.1 Å². The van der Waals surface area contributed by atoms with Gasteiger partial charge in [0.05, 0.1) is 16.1 Å². The number of likely N-dealkylation sites (tertiary alicyclic amines) is 2. The molecule has 2 fully saturated rings. The van der Waals surface area contributed by atoms with Gasteiger partial charge in [-0.25, -0.2) is 13.1 Å². The van der Waals surface area contributed by atoms with E-state index >= 15 is 0 Å². The largest absolute Gasteiger partial charge is 0.338 e. The van der Waals surface area contributed by atoms with Crippen molar-refractivity contribution in [1.29, 1.82) is 0 Å². The zero-order valence-corrected chi connectivity index (χ0v) is 16.5. The summed E-state index contributed by atoms with van der Waals surface area (Å²) in [7, 11) is -3.95. The Bertz CT molecular complexity index is 863. The first-order valence-electron chi connectivity index (χ1n) is 8.27. The van der Waals surface area contributed by atoms with Gasteiger partial charge in [0.2, 0.25) is 27.7 Å². The van der Waals surface area contributed by atoms with Crippen LogP contribution in [0.4, 0.5) is 0 Å². The van der Waals surface area contributed by atoms with E-state index in [1.54, 1.807) is 0 Å². The Morgan fingerprint density at radius 3 is 2.22 bits per heavy atom. The second-order valence-electron chi connectivity index (χ2n) is 6.31. The number of imide groups is 1. The van der Waals surface area contributed by atoms with E-state index in [-0.39, 0.29) is 77.6 Å². The summed E-state index contributed by atoms with van der Waals surface area (Å²) in [4.78, 5) is 38.0. The van der Waals surface area contributed by atoms with E-state index in [0.29, 0.717) is 0 Å². The van der Waals surface area contributed by atoms with Crippen molar-refractivity contribution in [2.24, 2.45) is 0 Å². The highest BCUT2D eigenvalue weighted by Gasteiger charge is 2.42. The maximum atomic E-state index is 12.3. The highest BCUT2D eigenvalue weighted by molar-refractivity contribution is 7.89. The maximum Gasteiger partial charge on any atom is 0.243 e. The van der Waals surface area contributed by atoms with Gasteiger partial charge in [-0.3, -0.25) is 19.3 Å². The molecule has 1 aromatic rings. The molecule has 3 amide bonds. The van der Waals surface area contributed by atoms with Gasteiger partial charge in [0.1, 0.15) is 4.90 Å². The monoisotopic (exact) mass is 433 g/mol. The lowest BCUT2D eigenvalue weighted by molar-refractivity contribution is -0.151. The second-order valence-corrected chi connectivity index (χ2v) is 8.83. The number of sulfonamides is 1. The van der Waals surface area contributed by atoms with Crippen molar-refractivity contribution in [3.63, 3.8) is 0 Å². The summed E-state index contributed by atoms with van der Waals surface area (Å²) in [6.45, 7) is 0.435. The molecule has 1 N–H and O–H groups in total. The summed E-state index contributed by atoms with van der Waals surface area (Å²) < 4.78 is 26.9. The number of nitrogens with one attached hydrogen (secondary N) is 1. The number of hydrogen-bond donors (Lipinski definition) is 1. The Hall–Kier alpha value is -1.68. The molecule has 0 bridgehead atoms. The van der Waals surface area contributed by atoms with Crippen LogP contribution in [0.25, 0.3) is 0 Å². The summed E-state index contributed by atoms with van der Waals surface area (Å²) in [5, 5.41) is -0.0151. The zero-order chi connectivity index (χ0) is 19.8. The van der Waals surface area contributed by atoms with E-state index in [1.807, 2.05) is 0 Å². The zero-order valence-electron chi connectivity index (χ0n) is 14.2. The molecule has 0 aliphatic carbocycles. The third-order valence-corrected chi connectivity index (χ3v) is 6.90. The minimum atomic E-state index is -3.95. The molecule has 0 spiro atoms. The van der Waals surface area contributed by atoms with Crippen LogP contribution < -0.4 is 4.72 Å². The fourth-order valence-corrected chi connectivity index (χ4v) is 5.26. The summed E-state index contributed by atoms with van der Waals surface area (Å²) in [5.74, 6) is -0.679. The van der Waals surface area contributed by atoms with Crippen LogP contribution in [0.3, 0.4) is 0 Å². The van der Waals surface area contributed by atoms with E-state index in [0.717, 1.165) is 0 Å². The molecule has 0 radical (unpaired) electrons. The second kappa shape index (κ2) is 7.75.